The standard InChI is InChI=1S/C19H14ClIN2O4/c1-11(24)27-18-16(21)8-12(9-17(18)26-2)7-13(10-22)19(25)23-15-5-3-14(20)4-6-15/h3-9H,1-2H3,(H,23,25)/b13-7-. The smallest absolute Gasteiger partial charge is 0.308 e. The van der Waals surface area contributed by atoms with Crippen LogP contribution in [0.1, 0.15) is 12.5 Å². The van der Waals surface area contributed by atoms with Crippen LogP contribution in [0.25, 0.3) is 6.08 Å². The molecular weight excluding hydrogens is 483 g/mol. The quantitative estimate of drug-likeness (QED) is 0.218. The molecule has 2 aromatic carbocycles. The van der Waals surface area contributed by atoms with Crippen LogP contribution in [0.3, 0.4) is 0 Å². The van der Waals surface area contributed by atoms with Crippen molar-refractivity contribution in [2.45, 2.75) is 6.92 Å². The SMILES string of the molecule is COc1cc(/C=C(/C#N)C(=O)Nc2ccc(Cl)cc2)cc(I)c1OC(C)=O. The fourth-order valence-corrected chi connectivity index (χ4v) is 2.97. The average Bonchev–Trinajstić information content (AvgIpc) is 2.63. The number of nitrogens with zero attached hydrogens (tertiary/aromatic N) is 1. The van der Waals surface area contributed by atoms with E-state index in [9.17, 15) is 14.9 Å². The van der Waals surface area contributed by atoms with Crippen LogP contribution in [0.5, 0.6) is 11.5 Å². The third-order valence-electron chi connectivity index (χ3n) is 3.28. The number of anilines is 1. The van der Waals surface area contributed by atoms with Crippen LogP contribution in [-0.2, 0) is 9.59 Å². The van der Waals surface area contributed by atoms with Gasteiger partial charge in [0.1, 0.15) is 11.6 Å². The lowest BCUT2D eigenvalue weighted by molar-refractivity contribution is -0.132. The van der Waals surface area contributed by atoms with Gasteiger partial charge < -0.3 is 14.8 Å². The van der Waals surface area contributed by atoms with Gasteiger partial charge in [-0.3, -0.25) is 9.59 Å². The van der Waals surface area contributed by atoms with Gasteiger partial charge in [0, 0.05) is 17.6 Å². The number of carbonyl (C=O) groups is 2. The Hall–Kier alpha value is -2.57. The van der Waals surface area contributed by atoms with Gasteiger partial charge >= 0.3 is 5.97 Å². The van der Waals surface area contributed by atoms with E-state index < -0.39 is 11.9 Å². The van der Waals surface area contributed by atoms with Gasteiger partial charge in [-0.05, 0) is 70.6 Å². The first kappa shape index (κ1) is 20.7. The summed E-state index contributed by atoms with van der Waals surface area (Å²) >= 11 is 7.80. The second-order valence-electron chi connectivity index (χ2n) is 5.26. The molecule has 2 rings (SSSR count). The lowest BCUT2D eigenvalue weighted by atomic mass is 10.1. The molecular formula is C19H14ClIN2O4. The normalized spacial score (nSPS) is 10.7. The Morgan fingerprint density at radius 1 is 1.26 bits per heavy atom. The van der Waals surface area contributed by atoms with Crippen molar-refractivity contribution in [1.82, 2.24) is 0 Å². The number of carbonyl (C=O) groups excluding carboxylic acids is 2. The van der Waals surface area contributed by atoms with Crippen molar-refractivity contribution < 1.29 is 19.1 Å². The molecule has 2 aromatic rings. The maximum Gasteiger partial charge on any atom is 0.308 e. The number of benzene rings is 2. The number of rotatable bonds is 5. The maximum absolute atomic E-state index is 12.3. The van der Waals surface area contributed by atoms with E-state index in [0.717, 1.165) is 0 Å². The van der Waals surface area contributed by atoms with Gasteiger partial charge in [-0.2, -0.15) is 5.26 Å². The Kier molecular flexibility index (Phi) is 7.21. The molecule has 0 radical (unpaired) electrons. The van der Waals surface area contributed by atoms with Crippen LogP contribution < -0.4 is 14.8 Å². The molecule has 0 atom stereocenters. The second kappa shape index (κ2) is 9.39. The van der Waals surface area contributed by atoms with Crippen molar-refractivity contribution >= 4 is 57.8 Å². The molecule has 27 heavy (non-hydrogen) atoms. The van der Waals surface area contributed by atoms with Crippen molar-refractivity contribution in [1.29, 1.82) is 5.26 Å². The van der Waals surface area contributed by atoms with Crippen LogP contribution in [0.2, 0.25) is 5.02 Å². The number of halogens is 2. The number of methoxy groups -OCH3 is 1. The predicted molar refractivity (Wildman–Crippen MR) is 111 cm³/mol. The van der Waals surface area contributed by atoms with Crippen LogP contribution in [0, 0.1) is 14.9 Å². The molecule has 1 N–H and O–H groups in total. The zero-order valence-corrected chi connectivity index (χ0v) is 17.3. The van der Waals surface area contributed by atoms with E-state index in [4.69, 9.17) is 21.1 Å². The first-order valence-electron chi connectivity index (χ1n) is 7.58. The minimum atomic E-state index is -0.558. The number of esters is 1. The molecule has 0 aliphatic heterocycles. The molecule has 1 amide bonds. The molecule has 0 aliphatic carbocycles. The van der Waals surface area contributed by atoms with Crippen LogP contribution >= 0.6 is 34.2 Å². The van der Waals surface area contributed by atoms with Crippen molar-refractivity contribution in [2.75, 3.05) is 12.4 Å². The summed E-state index contributed by atoms with van der Waals surface area (Å²) < 4.78 is 11.0. The summed E-state index contributed by atoms with van der Waals surface area (Å²) in [5.74, 6) is -0.432. The van der Waals surface area contributed by atoms with Crippen molar-refractivity contribution in [2.24, 2.45) is 0 Å². The van der Waals surface area contributed by atoms with Gasteiger partial charge in [0.2, 0.25) is 0 Å². The topological polar surface area (TPSA) is 88.4 Å². The van der Waals surface area contributed by atoms with E-state index in [0.29, 0.717) is 25.6 Å². The van der Waals surface area contributed by atoms with Crippen LogP contribution in [-0.4, -0.2) is 19.0 Å². The third-order valence-corrected chi connectivity index (χ3v) is 4.33. The molecule has 6 nitrogen and oxygen atoms in total. The minimum Gasteiger partial charge on any atom is -0.493 e. The Bertz CT molecular complexity index is 949. The van der Waals surface area contributed by atoms with Crippen LogP contribution in [0.15, 0.2) is 42.0 Å². The van der Waals surface area contributed by atoms with Gasteiger partial charge in [0.25, 0.3) is 5.91 Å². The first-order valence-corrected chi connectivity index (χ1v) is 9.04. The lowest BCUT2D eigenvalue weighted by Gasteiger charge is -2.11. The molecule has 0 saturated heterocycles. The summed E-state index contributed by atoms with van der Waals surface area (Å²) in [5.41, 5.74) is 0.973. The lowest BCUT2D eigenvalue weighted by Crippen LogP contribution is -2.13. The fourth-order valence-electron chi connectivity index (χ4n) is 2.11. The first-order chi connectivity index (χ1) is 12.8. The number of hydrogen-bond acceptors (Lipinski definition) is 5. The third kappa shape index (κ3) is 5.70. The minimum absolute atomic E-state index is 0.0944. The molecule has 8 heteroatoms. The Morgan fingerprint density at radius 2 is 1.93 bits per heavy atom. The molecule has 0 spiro atoms. The summed E-state index contributed by atoms with van der Waals surface area (Å²) in [6.07, 6.45) is 1.42. The highest BCUT2D eigenvalue weighted by Crippen LogP contribution is 2.34. The zero-order valence-electron chi connectivity index (χ0n) is 14.4. The van der Waals surface area contributed by atoms with Crippen LogP contribution in [0.4, 0.5) is 5.69 Å². The van der Waals surface area contributed by atoms with E-state index in [1.54, 1.807) is 36.4 Å². The number of nitrogens with one attached hydrogen (secondary N) is 1. The van der Waals surface area contributed by atoms with E-state index in [1.165, 1.54) is 20.1 Å². The highest BCUT2D eigenvalue weighted by atomic mass is 127. The van der Waals surface area contributed by atoms with Gasteiger partial charge in [-0.15, -0.1) is 0 Å². The second-order valence-corrected chi connectivity index (χ2v) is 6.86. The number of nitriles is 1. The van der Waals surface area contributed by atoms with E-state index in [1.807, 2.05) is 28.7 Å². The summed E-state index contributed by atoms with van der Waals surface area (Å²) in [7, 11) is 1.43. The molecule has 138 valence electrons. The summed E-state index contributed by atoms with van der Waals surface area (Å²) in [4.78, 5) is 23.6. The Labute approximate surface area is 174 Å². The molecule has 0 aliphatic rings. The number of ether oxygens (including phenoxy) is 2. The Balaban J connectivity index is 2.32. The van der Waals surface area contributed by atoms with Crippen molar-refractivity contribution in [3.63, 3.8) is 0 Å². The van der Waals surface area contributed by atoms with Gasteiger partial charge in [-0.1, -0.05) is 11.6 Å². The molecule has 0 unspecified atom stereocenters. The van der Waals surface area contributed by atoms with Gasteiger partial charge in [0.05, 0.1) is 10.7 Å². The van der Waals surface area contributed by atoms with E-state index >= 15 is 0 Å². The highest BCUT2D eigenvalue weighted by molar-refractivity contribution is 14.1. The monoisotopic (exact) mass is 496 g/mol. The number of amides is 1. The maximum atomic E-state index is 12.3. The van der Waals surface area contributed by atoms with E-state index in [2.05, 4.69) is 5.32 Å². The highest BCUT2D eigenvalue weighted by Gasteiger charge is 2.15. The molecule has 0 bridgehead atoms. The molecule has 0 aromatic heterocycles. The Morgan fingerprint density at radius 3 is 2.48 bits per heavy atom. The summed E-state index contributed by atoms with van der Waals surface area (Å²) in [6.45, 7) is 1.29. The molecule has 0 saturated carbocycles. The molecule has 0 heterocycles. The predicted octanol–water partition coefficient (Wildman–Crippen LogP) is 4.42. The summed E-state index contributed by atoms with van der Waals surface area (Å²) in [6, 6.07) is 11.7. The largest absolute Gasteiger partial charge is 0.493 e. The average molecular weight is 497 g/mol. The fraction of sp³-hybridized carbons (Fsp3) is 0.105. The summed E-state index contributed by atoms with van der Waals surface area (Å²) in [5, 5.41) is 12.5. The molecule has 0 fully saturated rings. The van der Waals surface area contributed by atoms with Gasteiger partial charge in [-0.25, -0.2) is 0 Å². The number of hydrogen-bond donors (Lipinski definition) is 1. The van der Waals surface area contributed by atoms with Gasteiger partial charge in [0.15, 0.2) is 11.5 Å². The van der Waals surface area contributed by atoms with E-state index in [-0.39, 0.29) is 11.3 Å². The zero-order chi connectivity index (χ0) is 20.0. The van der Waals surface area contributed by atoms with Crippen molar-refractivity contribution in [3.8, 4) is 17.6 Å². The van der Waals surface area contributed by atoms with Crippen molar-refractivity contribution in [3.05, 3.63) is 56.1 Å².